The predicted molar refractivity (Wildman–Crippen MR) is 103 cm³/mol. The lowest BCUT2D eigenvalue weighted by atomic mass is 10.2. The molecule has 0 fully saturated rings. The summed E-state index contributed by atoms with van der Waals surface area (Å²) in [5, 5.41) is 6.61. The smallest absolute Gasteiger partial charge is 0.225 e. The summed E-state index contributed by atoms with van der Waals surface area (Å²) < 4.78 is 1.07. The molecule has 0 unspecified atom stereocenters. The molecule has 2 aromatic carbocycles. The highest BCUT2D eigenvalue weighted by molar-refractivity contribution is 9.10. The fraction of sp³-hybridized carbons (Fsp3) is 0.158. The molecule has 0 saturated carbocycles. The van der Waals surface area contributed by atoms with Gasteiger partial charge in [-0.05, 0) is 37.1 Å². The first-order chi connectivity index (χ1) is 11.6. The van der Waals surface area contributed by atoms with E-state index < -0.39 is 0 Å². The van der Waals surface area contributed by atoms with Crippen LogP contribution in [0.1, 0.15) is 16.8 Å². The van der Waals surface area contributed by atoms with E-state index in [1.165, 1.54) is 11.1 Å². The molecule has 0 bridgehead atoms. The molecule has 3 aromatic rings. The van der Waals surface area contributed by atoms with Crippen LogP contribution < -0.4 is 10.6 Å². The van der Waals surface area contributed by atoms with Crippen molar-refractivity contribution in [2.75, 3.05) is 10.6 Å². The molecule has 122 valence electrons. The fourth-order valence-electron chi connectivity index (χ4n) is 2.31. The third-order valence-electron chi connectivity index (χ3n) is 3.59. The Morgan fingerprint density at radius 2 is 1.75 bits per heavy atom. The van der Waals surface area contributed by atoms with Crippen molar-refractivity contribution in [3.05, 3.63) is 75.9 Å². The van der Waals surface area contributed by atoms with E-state index in [1.807, 2.05) is 43.3 Å². The van der Waals surface area contributed by atoms with Gasteiger partial charge in [0.05, 0.1) is 0 Å². The van der Waals surface area contributed by atoms with E-state index in [2.05, 4.69) is 61.7 Å². The van der Waals surface area contributed by atoms with Gasteiger partial charge in [0.2, 0.25) is 5.95 Å². The Morgan fingerprint density at radius 3 is 2.50 bits per heavy atom. The molecule has 2 N–H and O–H groups in total. The van der Waals surface area contributed by atoms with Crippen molar-refractivity contribution in [3.63, 3.8) is 0 Å². The SMILES string of the molecule is Cc1cc(Nc2ccc(C)c(Br)c2)nc(NCc2ccccc2)n1. The van der Waals surface area contributed by atoms with Crippen LogP contribution in [0.25, 0.3) is 0 Å². The number of hydrogen-bond donors (Lipinski definition) is 2. The van der Waals surface area contributed by atoms with Gasteiger partial charge in [0.15, 0.2) is 0 Å². The average Bonchev–Trinajstić information content (AvgIpc) is 2.57. The molecule has 0 atom stereocenters. The summed E-state index contributed by atoms with van der Waals surface area (Å²) in [7, 11) is 0. The molecule has 1 aromatic heterocycles. The Bertz CT molecular complexity index is 834. The van der Waals surface area contributed by atoms with Gasteiger partial charge in [0.1, 0.15) is 5.82 Å². The van der Waals surface area contributed by atoms with E-state index in [1.54, 1.807) is 0 Å². The number of aromatic nitrogens is 2. The largest absolute Gasteiger partial charge is 0.350 e. The van der Waals surface area contributed by atoms with Crippen molar-refractivity contribution >= 4 is 33.4 Å². The van der Waals surface area contributed by atoms with Crippen LogP contribution in [-0.4, -0.2) is 9.97 Å². The molecule has 0 aliphatic heterocycles. The van der Waals surface area contributed by atoms with Crippen LogP contribution in [-0.2, 0) is 6.54 Å². The zero-order chi connectivity index (χ0) is 16.9. The van der Waals surface area contributed by atoms with Gasteiger partial charge in [0, 0.05) is 28.5 Å². The first kappa shape index (κ1) is 16.5. The molecule has 3 rings (SSSR count). The highest BCUT2D eigenvalue weighted by Gasteiger charge is 2.04. The summed E-state index contributed by atoms with van der Waals surface area (Å²) in [5.74, 6) is 1.39. The van der Waals surface area contributed by atoms with Crippen molar-refractivity contribution in [3.8, 4) is 0 Å². The van der Waals surface area contributed by atoms with Crippen molar-refractivity contribution in [2.24, 2.45) is 0 Å². The first-order valence-electron chi connectivity index (χ1n) is 7.77. The summed E-state index contributed by atoms with van der Waals surface area (Å²) in [6, 6.07) is 18.3. The topological polar surface area (TPSA) is 49.8 Å². The number of hydrogen-bond acceptors (Lipinski definition) is 4. The van der Waals surface area contributed by atoms with Gasteiger partial charge in [0.25, 0.3) is 0 Å². The third-order valence-corrected chi connectivity index (χ3v) is 4.45. The Balaban J connectivity index is 1.74. The maximum absolute atomic E-state index is 4.55. The molecule has 0 amide bonds. The predicted octanol–water partition coefficient (Wildman–Crippen LogP) is 5.21. The van der Waals surface area contributed by atoms with E-state index in [0.29, 0.717) is 12.5 Å². The zero-order valence-corrected chi connectivity index (χ0v) is 15.3. The van der Waals surface area contributed by atoms with Gasteiger partial charge >= 0.3 is 0 Å². The van der Waals surface area contributed by atoms with Crippen LogP contribution in [0.2, 0.25) is 0 Å². The van der Waals surface area contributed by atoms with E-state index in [4.69, 9.17) is 0 Å². The first-order valence-corrected chi connectivity index (χ1v) is 8.56. The molecule has 0 aliphatic carbocycles. The van der Waals surface area contributed by atoms with Crippen LogP contribution >= 0.6 is 15.9 Å². The number of benzene rings is 2. The Morgan fingerprint density at radius 1 is 0.958 bits per heavy atom. The maximum atomic E-state index is 4.55. The highest BCUT2D eigenvalue weighted by atomic mass is 79.9. The Kier molecular flexibility index (Phi) is 5.11. The maximum Gasteiger partial charge on any atom is 0.225 e. The van der Waals surface area contributed by atoms with Crippen molar-refractivity contribution in [1.29, 1.82) is 0 Å². The summed E-state index contributed by atoms with van der Waals surface area (Å²) >= 11 is 3.55. The lowest BCUT2D eigenvalue weighted by Crippen LogP contribution is -2.06. The van der Waals surface area contributed by atoms with Gasteiger partial charge in [-0.25, -0.2) is 4.98 Å². The van der Waals surface area contributed by atoms with Gasteiger partial charge < -0.3 is 10.6 Å². The van der Waals surface area contributed by atoms with Crippen molar-refractivity contribution in [2.45, 2.75) is 20.4 Å². The molecule has 0 saturated heterocycles. The highest BCUT2D eigenvalue weighted by Crippen LogP contribution is 2.23. The zero-order valence-electron chi connectivity index (χ0n) is 13.7. The third kappa shape index (κ3) is 4.32. The normalized spacial score (nSPS) is 10.5. The van der Waals surface area contributed by atoms with Crippen LogP contribution in [0.15, 0.2) is 59.1 Å². The lowest BCUT2D eigenvalue weighted by Gasteiger charge is -2.11. The summed E-state index contributed by atoms with van der Waals surface area (Å²) in [6.45, 7) is 4.72. The molecule has 4 nitrogen and oxygen atoms in total. The van der Waals surface area contributed by atoms with Crippen molar-refractivity contribution in [1.82, 2.24) is 9.97 Å². The number of nitrogens with one attached hydrogen (secondary N) is 2. The monoisotopic (exact) mass is 382 g/mol. The molecular weight excluding hydrogens is 364 g/mol. The Hall–Kier alpha value is -2.40. The quantitative estimate of drug-likeness (QED) is 0.635. The summed E-state index contributed by atoms with van der Waals surface area (Å²) in [5.41, 5.74) is 4.29. The average molecular weight is 383 g/mol. The van der Waals surface area contributed by atoms with Gasteiger partial charge in [-0.1, -0.05) is 52.3 Å². The van der Waals surface area contributed by atoms with Crippen LogP contribution in [0.5, 0.6) is 0 Å². The molecule has 1 heterocycles. The Labute approximate surface area is 150 Å². The van der Waals surface area contributed by atoms with Crippen LogP contribution in [0.4, 0.5) is 17.5 Å². The molecule has 24 heavy (non-hydrogen) atoms. The lowest BCUT2D eigenvalue weighted by molar-refractivity contribution is 1.03. The van der Waals surface area contributed by atoms with E-state index in [-0.39, 0.29) is 0 Å². The number of halogens is 1. The summed E-state index contributed by atoms with van der Waals surface area (Å²) in [4.78, 5) is 9.00. The molecule has 0 radical (unpaired) electrons. The molecule has 0 aliphatic rings. The molecule has 5 heteroatoms. The van der Waals surface area contributed by atoms with E-state index in [0.717, 1.165) is 21.7 Å². The number of aryl methyl sites for hydroxylation is 2. The minimum Gasteiger partial charge on any atom is -0.350 e. The van der Waals surface area contributed by atoms with Gasteiger partial charge in [-0.3, -0.25) is 0 Å². The second kappa shape index (κ2) is 7.45. The molecule has 0 spiro atoms. The number of nitrogens with zero attached hydrogens (tertiary/aromatic N) is 2. The fourth-order valence-corrected chi connectivity index (χ4v) is 2.69. The van der Waals surface area contributed by atoms with E-state index >= 15 is 0 Å². The van der Waals surface area contributed by atoms with Gasteiger partial charge in [-0.2, -0.15) is 4.98 Å². The standard InChI is InChI=1S/C19H19BrN4/c1-13-8-9-16(11-17(13)20)23-18-10-14(2)22-19(24-18)21-12-15-6-4-3-5-7-15/h3-11H,12H2,1-2H3,(H2,21,22,23,24). The number of rotatable bonds is 5. The van der Waals surface area contributed by atoms with Gasteiger partial charge in [-0.15, -0.1) is 0 Å². The molecular formula is C19H19BrN4. The minimum atomic E-state index is 0.618. The van der Waals surface area contributed by atoms with Crippen LogP contribution in [0.3, 0.4) is 0 Å². The number of anilines is 3. The van der Waals surface area contributed by atoms with Crippen molar-refractivity contribution < 1.29 is 0 Å². The van der Waals surface area contributed by atoms with Crippen LogP contribution in [0, 0.1) is 13.8 Å². The summed E-state index contributed by atoms with van der Waals surface area (Å²) in [6.07, 6.45) is 0. The van der Waals surface area contributed by atoms with E-state index in [9.17, 15) is 0 Å². The second-order valence-corrected chi connectivity index (χ2v) is 6.50. The minimum absolute atomic E-state index is 0.618. The second-order valence-electron chi connectivity index (χ2n) is 5.65.